The fourth-order valence-electron chi connectivity index (χ4n) is 2.58. The maximum atomic E-state index is 12.1. The Morgan fingerprint density at radius 2 is 2.10 bits per heavy atom. The predicted molar refractivity (Wildman–Crippen MR) is 86.9 cm³/mol. The van der Waals surface area contributed by atoms with Crippen LogP contribution < -0.4 is 0 Å². The Bertz CT molecular complexity index is 671. The molecule has 0 aliphatic carbocycles. The molecule has 3 rings (SSSR count). The number of hydrogen-bond donors (Lipinski definition) is 1. The van der Waals surface area contributed by atoms with Crippen LogP contribution in [0.1, 0.15) is 6.42 Å². The molecule has 0 aromatic heterocycles. The maximum Gasteiger partial charge on any atom is 0.233 e. The molecule has 1 N–H and O–H groups in total. The number of benzene rings is 2. The second kappa shape index (κ2) is 6.26. The Labute approximate surface area is 132 Å². The summed E-state index contributed by atoms with van der Waals surface area (Å²) in [5.41, 5.74) is 0. The van der Waals surface area contributed by atoms with Gasteiger partial charge >= 0.3 is 0 Å². The Morgan fingerprint density at radius 3 is 2.81 bits per heavy atom. The maximum absolute atomic E-state index is 12.1. The van der Waals surface area contributed by atoms with Crippen molar-refractivity contribution in [1.82, 2.24) is 4.90 Å². The molecule has 2 aromatic carbocycles. The lowest BCUT2D eigenvalue weighted by Gasteiger charge is -2.15. The molecule has 1 atom stereocenters. The lowest BCUT2D eigenvalue weighted by atomic mass is 10.1. The van der Waals surface area contributed by atoms with Gasteiger partial charge in [-0.05, 0) is 23.9 Å². The van der Waals surface area contributed by atoms with Crippen molar-refractivity contribution in [3.8, 4) is 0 Å². The predicted octanol–water partition coefficient (Wildman–Crippen LogP) is 3.18. The van der Waals surface area contributed by atoms with E-state index >= 15 is 0 Å². The lowest BCUT2D eigenvalue weighted by molar-refractivity contribution is -0.127. The summed E-state index contributed by atoms with van der Waals surface area (Å²) < 4.78 is 0. The molecule has 1 aliphatic heterocycles. The van der Waals surface area contributed by atoms with Gasteiger partial charge in [0.05, 0.1) is 11.9 Å². The van der Waals surface area contributed by atoms with Gasteiger partial charge in [-0.2, -0.15) is 0 Å². The van der Waals surface area contributed by atoms with Crippen LogP contribution in [0.5, 0.6) is 0 Å². The van der Waals surface area contributed by atoms with Crippen molar-refractivity contribution >= 4 is 40.0 Å². The highest BCUT2D eigenvalue weighted by molar-refractivity contribution is 8.00. The van der Waals surface area contributed by atoms with Crippen molar-refractivity contribution in [3.05, 3.63) is 41.4 Å². The van der Waals surface area contributed by atoms with Crippen LogP contribution in [0, 0.1) is 0 Å². The van der Waals surface area contributed by atoms with Crippen molar-refractivity contribution in [1.29, 1.82) is 0 Å². The number of fused-ring (bicyclic) bond motifs is 1. The third-order valence-electron chi connectivity index (χ3n) is 3.68. The molecule has 21 heavy (non-hydrogen) atoms. The molecule has 0 unspecified atom stereocenters. The Balaban J connectivity index is 1.75. The smallest absolute Gasteiger partial charge is 0.233 e. The molecular formula is C16H16ClNO2S. The summed E-state index contributed by atoms with van der Waals surface area (Å²) in [5, 5.41) is 12.3. The minimum Gasteiger partial charge on any atom is -0.391 e. The highest BCUT2D eigenvalue weighted by atomic mass is 35.5. The number of carbonyl (C=O) groups is 1. The Hall–Kier alpha value is -1.23. The number of hydrogen-bond acceptors (Lipinski definition) is 3. The molecule has 1 amide bonds. The van der Waals surface area contributed by atoms with Crippen LogP contribution in [-0.2, 0) is 4.79 Å². The Morgan fingerprint density at radius 1 is 1.33 bits per heavy atom. The number of halogens is 1. The molecular weight excluding hydrogens is 306 g/mol. The van der Waals surface area contributed by atoms with Crippen molar-refractivity contribution in [2.45, 2.75) is 17.4 Å². The van der Waals surface area contributed by atoms with Gasteiger partial charge < -0.3 is 10.0 Å². The number of amides is 1. The number of aliphatic hydroxyl groups excluding tert-OH is 1. The molecule has 1 fully saturated rings. The number of carbonyl (C=O) groups excluding carboxylic acids is 1. The summed E-state index contributed by atoms with van der Waals surface area (Å²) in [7, 11) is 0. The minimum atomic E-state index is -0.369. The van der Waals surface area contributed by atoms with Gasteiger partial charge in [0, 0.05) is 28.4 Å². The standard InChI is InChI=1S/C16H16ClNO2S/c17-13-5-1-3-11-4-2-6-14(16(11)13)21-10-15(20)18-8-7-12(19)9-18/h1-6,12,19H,7-10H2/t12-/m1/s1. The molecule has 0 spiro atoms. The van der Waals surface area contributed by atoms with E-state index in [0.29, 0.717) is 30.3 Å². The highest BCUT2D eigenvalue weighted by Crippen LogP contribution is 2.33. The monoisotopic (exact) mass is 321 g/mol. The number of rotatable bonds is 3. The van der Waals surface area contributed by atoms with Crippen LogP contribution in [0.3, 0.4) is 0 Å². The minimum absolute atomic E-state index is 0.0700. The number of likely N-dealkylation sites (tertiary alicyclic amines) is 1. The van der Waals surface area contributed by atoms with E-state index in [1.54, 1.807) is 4.90 Å². The highest BCUT2D eigenvalue weighted by Gasteiger charge is 2.24. The van der Waals surface area contributed by atoms with Crippen LogP contribution in [-0.4, -0.2) is 40.9 Å². The first kappa shape index (κ1) is 14.7. The van der Waals surface area contributed by atoms with E-state index in [-0.39, 0.29) is 12.0 Å². The molecule has 2 aromatic rings. The van der Waals surface area contributed by atoms with Crippen LogP contribution in [0.15, 0.2) is 41.3 Å². The summed E-state index contributed by atoms with van der Waals surface area (Å²) in [6.45, 7) is 1.10. The largest absolute Gasteiger partial charge is 0.391 e. The van der Waals surface area contributed by atoms with Gasteiger partial charge in [-0.3, -0.25) is 4.79 Å². The Kier molecular flexibility index (Phi) is 4.38. The third kappa shape index (κ3) is 3.18. The lowest BCUT2D eigenvalue weighted by Crippen LogP contribution is -2.30. The van der Waals surface area contributed by atoms with E-state index in [0.717, 1.165) is 15.7 Å². The van der Waals surface area contributed by atoms with Gasteiger partial charge in [-0.25, -0.2) is 0 Å². The van der Waals surface area contributed by atoms with E-state index in [1.807, 2.05) is 36.4 Å². The molecule has 1 saturated heterocycles. The number of aliphatic hydroxyl groups is 1. The van der Waals surface area contributed by atoms with Gasteiger partial charge in [0.25, 0.3) is 0 Å². The molecule has 0 bridgehead atoms. The quantitative estimate of drug-likeness (QED) is 0.883. The topological polar surface area (TPSA) is 40.5 Å². The number of β-amino-alcohol motifs (C(OH)–C–C–N with tert-alkyl or cyclic N) is 1. The van der Waals surface area contributed by atoms with Crippen LogP contribution in [0.2, 0.25) is 5.02 Å². The zero-order valence-corrected chi connectivity index (χ0v) is 13.0. The second-order valence-corrected chi connectivity index (χ2v) is 6.59. The van der Waals surface area contributed by atoms with E-state index in [4.69, 9.17) is 11.6 Å². The summed E-state index contributed by atoms with van der Waals surface area (Å²) in [6.07, 6.45) is 0.308. The van der Waals surface area contributed by atoms with Crippen LogP contribution >= 0.6 is 23.4 Å². The molecule has 1 heterocycles. The van der Waals surface area contributed by atoms with E-state index < -0.39 is 0 Å². The van der Waals surface area contributed by atoms with Gasteiger partial charge in [-0.1, -0.05) is 35.9 Å². The molecule has 3 nitrogen and oxygen atoms in total. The van der Waals surface area contributed by atoms with Crippen molar-refractivity contribution in [3.63, 3.8) is 0 Å². The summed E-state index contributed by atoms with van der Waals surface area (Å²) in [4.78, 5) is 14.9. The first-order chi connectivity index (χ1) is 10.1. The molecule has 0 radical (unpaired) electrons. The summed E-state index contributed by atoms with van der Waals surface area (Å²) in [6, 6.07) is 11.8. The normalized spacial score (nSPS) is 18.4. The van der Waals surface area contributed by atoms with Crippen molar-refractivity contribution < 1.29 is 9.90 Å². The van der Waals surface area contributed by atoms with Gasteiger partial charge in [0.1, 0.15) is 0 Å². The fourth-order valence-corrected chi connectivity index (χ4v) is 3.93. The van der Waals surface area contributed by atoms with Crippen molar-refractivity contribution in [2.75, 3.05) is 18.8 Å². The first-order valence-corrected chi connectivity index (χ1v) is 8.27. The average molecular weight is 322 g/mol. The average Bonchev–Trinajstić information content (AvgIpc) is 2.91. The number of nitrogens with zero attached hydrogens (tertiary/aromatic N) is 1. The number of thioether (sulfide) groups is 1. The molecule has 110 valence electrons. The third-order valence-corrected chi connectivity index (χ3v) is 5.04. The van der Waals surface area contributed by atoms with Gasteiger partial charge in [-0.15, -0.1) is 11.8 Å². The van der Waals surface area contributed by atoms with E-state index in [2.05, 4.69) is 0 Å². The summed E-state index contributed by atoms with van der Waals surface area (Å²) >= 11 is 7.78. The van der Waals surface area contributed by atoms with Crippen molar-refractivity contribution in [2.24, 2.45) is 0 Å². The zero-order valence-electron chi connectivity index (χ0n) is 11.5. The fraction of sp³-hybridized carbons (Fsp3) is 0.312. The van der Waals surface area contributed by atoms with Gasteiger partial charge in [0.15, 0.2) is 0 Å². The SMILES string of the molecule is O=C(CSc1cccc2cccc(Cl)c12)N1CC[C@@H](O)C1. The second-order valence-electron chi connectivity index (χ2n) is 5.17. The molecule has 5 heteroatoms. The summed E-state index contributed by atoms with van der Waals surface area (Å²) in [5.74, 6) is 0.442. The molecule has 1 aliphatic rings. The van der Waals surface area contributed by atoms with E-state index in [9.17, 15) is 9.90 Å². The van der Waals surface area contributed by atoms with Crippen LogP contribution in [0.25, 0.3) is 10.8 Å². The van der Waals surface area contributed by atoms with Crippen LogP contribution in [0.4, 0.5) is 0 Å². The first-order valence-electron chi connectivity index (χ1n) is 6.91. The molecule has 0 saturated carbocycles. The van der Waals surface area contributed by atoms with E-state index in [1.165, 1.54) is 11.8 Å². The van der Waals surface area contributed by atoms with Gasteiger partial charge in [0.2, 0.25) is 5.91 Å². The zero-order chi connectivity index (χ0) is 14.8.